The fourth-order valence-electron chi connectivity index (χ4n) is 3.72. The fourth-order valence-corrected chi connectivity index (χ4v) is 4.10. The Labute approximate surface area is 205 Å². The van der Waals surface area contributed by atoms with Gasteiger partial charge in [-0.3, -0.25) is 4.79 Å². The Morgan fingerprint density at radius 3 is 2.68 bits per heavy atom. The van der Waals surface area contributed by atoms with Gasteiger partial charge in [0, 0.05) is 15.4 Å². The quantitative estimate of drug-likeness (QED) is 0.196. The van der Waals surface area contributed by atoms with Crippen molar-refractivity contribution in [3.63, 3.8) is 0 Å². The van der Waals surface area contributed by atoms with E-state index in [9.17, 15) is 4.79 Å². The van der Waals surface area contributed by atoms with Crippen LogP contribution in [0.2, 0.25) is 0 Å². The smallest absolute Gasteiger partial charge is 0.307 e. The number of rotatable bonds is 6. The largest absolute Gasteiger partial charge is 0.488 e. The van der Waals surface area contributed by atoms with Crippen LogP contribution in [0.1, 0.15) is 27.2 Å². The van der Waals surface area contributed by atoms with Crippen LogP contribution in [-0.4, -0.2) is 12.1 Å². The summed E-state index contributed by atoms with van der Waals surface area (Å²) in [5.41, 5.74) is 6.27. The number of furan rings is 1. The zero-order chi connectivity index (χ0) is 23.5. The SMILES string of the molecule is Cc1ccc(COc2ccc3ccccc3c2/C=N/NC(=O)c2cc3cc(Br)ccc3o2)cc1. The first-order valence-corrected chi connectivity index (χ1v) is 11.6. The van der Waals surface area contributed by atoms with Crippen LogP contribution in [0.25, 0.3) is 21.7 Å². The van der Waals surface area contributed by atoms with Gasteiger partial charge in [0.15, 0.2) is 5.76 Å². The topological polar surface area (TPSA) is 63.8 Å². The summed E-state index contributed by atoms with van der Waals surface area (Å²) >= 11 is 3.43. The third-order valence-corrected chi connectivity index (χ3v) is 6.00. The lowest BCUT2D eigenvalue weighted by molar-refractivity contribution is 0.0929. The predicted octanol–water partition coefficient (Wildman–Crippen LogP) is 7.00. The molecule has 0 saturated carbocycles. The van der Waals surface area contributed by atoms with E-state index in [1.165, 1.54) is 5.56 Å². The van der Waals surface area contributed by atoms with Gasteiger partial charge in [-0.15, -0.1) is 0 Å². The van der Waals surface area contributed by atoms with Crippen LogP contribution in [-0.2, 0) is 6.61 Å². The number of carbonyl (C=O) groups excluding carboxylic acids is 1. The Morgan fingerprint density at radius 2 is 1.82 bits per heavy atom. The highest BCUT2D eigenvalue weighted by atomic mass is 79.9. The third kappa shape index (κ3) is 4.72. The van der Waals surface area contributed by atoms with E-state index in [-0.39, 0.29) is 5.76 Å². The maximum atomic E-state index is 12.6. The van der Waals surface area contributed by atoms with Crippen LogP contribution in [0.5, 0.6) is 5.75 Å². The second-order valence-corrected chi connectivity index (χ2v) is 8.88. The Kier molecular flexibility index (Phi) is 6.14. The molecule has 5 nitrogen and oxygen atoms in total. The lowest BCUT2D eigenvalue weighted by Crippen LogP contribution is -2.16. The summed E-state index contributed by atoms with van der Waals surface area (Å²) in [5.74, 6) is 0.454. The molecule has 6 heteroatoms. The standard InChI is InChI=1S/C28H21BrN2O3/c1-18-6-8-19(9-7-18)17-33-26-12-10-20-4-2-3-5-23(20)24(26)16-30-31-28(32)27-15-21-14-22(29)11-13-25(21)34-27/h2-16H,17H2,1H3,(H,31,32)/b30-16+. The molecule has 0 atom stereocenters. The lowest BCUT2D eigenvalue weighted by atomic mass is 10.0. The first kappa shape index (κ1) is 21.9. The molecule has 0 unspecified atom stereocenters. The molecule has 1 heterocycles. The average molecular weight is 513 g/mol. The van der Waals surface area contributed by atoms with Gasteiger partial charge >= 0.3 is 5.91 Å². The summed E-state index contributed by atoms with van der Waals surface area (Å²) in [5, 5.41) is 7.08. The minimum absolute atomic E-state index is 0.194. The van der Waals surface area contributed by atoms with E-state index in [2.05, 4.69) is 57.6 Å². The van der Waals surface area contributed by atoms with E-state index >= 15 is 0 Å². The van der Waals surface area contributed by atoms with Crippen LogP contribution in [0.15, 0.2) is 98.9 Å². The molecular formula is C28H21BrN2O3. The monoisotopic (exact) mass is 512 g/mol. The molecule has 5 aromatic rings. The molecule has 4 aromatic carbocycles. The Hall–Kier alpha value is -3.90. The highest BCUT2D eigenvalue weighted by molar-refractivity contribution is 9.10. The van der Waals surface area contributed by atoms with Gasteiger partial charge in [0.2, 0.25) is 0 Å². The number of aryl methyl sites for hydroxylation is 1. The third-order valence-electron chi connectivity index (χ3n) is 5.51. The van der Waals surface area contributed by atoms with Gasteiger partial charge in [0.25, 0.3) is 0 Å². The molecular weight excluding hydrogens is 492 g/mol. The summed E-state index contributed by atoms with van der Waals surface area (Å²) in [7, 11) is 0. The van der Waals surface area contributed by atoms with Gasteiger partial charge in [0.1, 0.15) is 17.9 Å². The zero-order valence-corrected chi connectivity index (χ0v) is 20.0. The van der Waals surface area contributed by atoms with Crippen LogP contribution >= 0.6 is 15.9 Å². The highest BCUT2D eigenvalue weighted by Gasteiger charge is 2.12. The highest BCUT2D eigenvalue weighted by Crippen LogP contribution is 2.28. The number of fused-ring (bicyclic) bond motifs is 2. The normalized spacial score (nSPS) is 11.4. The van der Waals surface area contributed by atoms with E-state index in [1.54, 1.807) is 12.3 Å². The second-order valence-electron chi connectivity index (χ2n) is 7.96. The van der Waals surface area contributed by atoms with E-state index in [0.29, 0.717) is 17.9 Å². The fraction of sp³-hybridized carbons (Fsp3) is 0.0714. The molecule has 1 amide bonds. The summed E-state index contributed by atoms with van der Waals surface area (Å²) in [6.45, 7) is 2.49. The van der Waals surface area contributed by atoms with Crippen molar-refractivity contribution >= 4 is 49.8 Å². The maximum Gasteiger partial charge on any atom is 0.307 e. The molecule has 1 N–H and O–H groups in total. The number of amides is 1. The van der Waals surface area contributed by atoms with Crippen molar-refractivity contribution in [1.29, 1.82) is 0 Å². The number of benzene rings is 4. The number of nitrogens with zero attached hydrogens (tertiary/aromatic N) is 1. The van der Waals surface area contributed by atoms with Gasteiger partial charge in [-0.25, -0.2) is 5.43 Å². The summed E-state index contributed by atoms with van der Waals surface area (Å²) in [6.07, 6.45) is 1.62. The second kappa shape index (κ2) is 9.53. The molecule has 0 fully saturated rings. The molecule has 0 radical (unpaired) electrons. The number of halogens is 1. The number of hydrogen-bond donors (Lipinski definition) is 1. The van der Waals surface area contributed by atoms with Crippen molar-refractivity contribution in [3.8, 4) is 5.75 Å². The van der Waals surface area contributed by atoms with E-state index in [1.807, 2.05) is 54.6 Å². The molecule has 0 spiro atoms. The summed E-state index contributed by atoms with van der Waals surface area (Å²) in [4.78, 5) is 12.6. The van der Waals surface area contributed by atoms with Gasteiger partial charge < -0.3 is 9.15 Å². The number of carbonyl (C=O) groups is 1. The molecule has 168 valence electrons. The van der Waals surface area contributed by atoms with Crippen LogP contribution < -0.4 is 10.2 Å². The first-order valence-electron chi connectivity index (χ1n) is 10.8. The van der Waals surface area contributed by atoms with E-state index < -0.39 is 5.91 Å². The summed E-state index contributed by atoms with van der Waals surface area (Å²) in [6, 6.07) is 27.4. The van der Waals surface area contributed by atoms with Crippen LogP contribution in [0, 0.1) is 6.92 Å². The molecule has 5 rings (SSSR count). The summed E-state index contributed by atoms with van der Waals surface area (Å²) < 4.78 is 12.7. The lowest BCUT2D eigenvalue weighted by Gasteiger charge is -2.12. The van der Waals surface area contributed by atoms with Gasteiger partial charge in [-0.05, 0) is 53.6 Å². The Morgan fingerprint density at radius 1 is 1.00 bits per heavy atom. The van der Waals surface area contributed by atoms with Gasteiger partial charge in [0.05, 0.1) is 6.21 Å². The van der Waals surface area contributed by atoms with Crippen molar-refractivity contribution in [1.82, 2.24) is 5.43 Å². The van der Waals surface area contributed by atoms with Gasteiger partial charge in [-0.2, -0.15) is 5.10 Å². The van der Waals surface area contributed by atoms with Crippen molar-refractivity contribution < 1.29 is 13.9 Å². The number of hydrogen-bond acceptors (Lipinski definition) is 4. The van der Waals surface area contributed by atoms with Crippen molar-refractivity contribution in [2.24, 2.45) is 5.10 Å². The molecule has 0 aliphatic carbocycles. The number of hydrazone groups is 1. The first-order chi connectivity index (χ1) is 16.6. The molecule has 1 aromatic heterocycles. The Balaban J connectivity index is 1.38. The molecule has 0 bridgehead atoms. The van der Waals surface area contributed by atoms with E-state index in [0.717, 1.165) is 31.8 Å². The maximum absolute atomic E-state index is 12.6. The Bertz CT molecular complexity index is 1520. The minimum Gasteiger partial charge on any atom is -0.488 e. The van der Waals surface area contributed by atoms with Crippen molar-refractivity contribution in [2.45, 2.75) is 13.5 Å². The van der Waals surface area contributed by atoms with Gasteiger partial charge in [-0.1, -0.05) is 76.1 Å². The van der Waals surface area contributed by atoms with Crippen molar-refractivity contribution in [3.05, 3.63) is 112 Å². The predicted molar refractivity (Wildman–Crippen MR) is 138 cm³/mol. The zero-order valence-electron chi connectivity index (χ0n) is 18.4. The molecule has 0 saturated heterocycles. The van der Waals surface area contributed by atoms with Crippen molar-refractivity contribution in [2.75, 3.05) is 0 Å². The van der Waals surface area contributed by atoms with E-state index in [4.69, 9.17) is 9.15 Å². The molecule has 0 aliphatic rings. The van der Waals surface area contributed by atoms with Crippen LogP contribution in [0.3, 0.4) is 0 Å². The van der Waals surface area contributed by atoms with Crippen LogP contribution in [0.4, 0.5) is 0 Å². The minimum atomic E-state index is -0.425. The average Bonchev–Trinajstić information content (AvgIpc) is 3.27. The molecule has 0 aliphatic heterocycles. The number of ether oxygens (including phenoxy) is 1. The molecule has 34 heavy (non-hydrogen) atoms. The number of nitrogens with one attached hydrogen (secondary N) is 1.